The molecule has 0 aliphatic rings. The normalized spacial score (nSPS) is 8.17. The van der Waals surface area contributed by atoms with Gasteiger partial charge in [-0.15, -0.1) is 11.6 Å². The summed E-state index contributed by atoms with van der Waals surface area (Å²) < 4.78 is 0. The summed E-state index contributed by atoms with van der Waals surface area (Å²) in [6.07, 6.45) is 1.45. The third-order valence-corrected chi connectivity index (χ3v) is 0.884. The van der Waals surface area contributed by atoms with E-state index in [2.05, 4.69) is 4.98 Å². The molecule has 0 amide bonds. The Balaban J connectivity index is 0.000000354. The third-order valence-electron chi connectivity index (χ3n) is 0.884. The molecule has 0 fully saturated rings. The highest BCUT2D eigenvalue weighted by atomic mass is 35.5. The van der Waals surface area contributed by atoms with Crippen LogP contribution in [-0.2, 0) is 0 Å². The van der Waals surface area contributed by atoms with Gasteiger partial charge < -0.3 is 5.11 Å². The van der Waals surface area contributed by atoms with Crippen LogP contribution in [0.2, 0.25) is 0 Å². The summed E-state index contributed by atoms with van der Waals surface area (Å²) >= 11 is 5.00. The van der Waals surface area contributed by atoms with Crippen LogP contribution < -0.4 is 0 Å². The number of hydrogen-bond acceptors (Lipinski definition) is 2. The van der Waals surface area contributed by atoms with Gasteiger partial charge in [-0.2, -0.15) is 0 Å². The van der Waals surface area contributed by atoms with Crippen LogP contribution in [-0.4, -0.2) is 21.9 Å². The summed E-state index contributed by atoms with van der Waals surface area (Å²) in [5.41, 5.74) is 0.0810. The van der Waals surface area contributed by atoms with Gasteiger partial charge in [-0.25, -0.2) is 9.78 Å². The fourth-order valence-corrected chi connectivity index (χ4v) is 0.489. The van der Waals surface area contributed by atoms with Gasteiger partial charge in [0.05, 0.1) is 0 Å². The van der Waals surface area contributed by atoms with Crippen LogP contribution in [0.1, 0.15) is 17.4 Å². The molecule has 0 radical (unpaired) electrons. The second-order valence-corrected chi connectivity index (χ2v) is 2.32. The highest BCUT2D eigenvalue weighted by molar-refractivity contribution is 6.17. The van der Waals surface area contributed by atoms with Gasteiger partial charge >= 0.3 is 5.97 Å². The molecule has 0 aromatic carbocycles. The molecule has 12 heavy (non-hydrogen) atoms. The Kier molecular flexibility index (Phi) is 6.01. The number of aromatic nitrogens is 1. The Morgan fingerprint density at radius 3 is 2.50 bits per heavy atom. The maximum absolute atomic E-state index is 10.1. The molecule has 0 aliphatic heterocycles. The first-order valence-corrected chi connectivity index (χ1v) is 3.96. The number of halogens is 1. The van der Waals surface area contributed by atoms with Gasteiger partial charge in [0.25, 0.3) is 0 Å². The summed E-state index contributed by atoms with van der Waals surface area (Å²) in [5.74, 6) is -0.268. The highest BCUT2D eigenvalue weighted by Crippen LogP contribution is 1.90. The van der Waals surface area contributed by atoms with E-state index in [0.717, 1.165) is 5.88 Å². The fraction of sp³-hybridized carbons (Fsp3) is 0.250. The number of alkyl halides is 1. The Labute approximate surface area is 76.0 Å². The van der Waals surface area contributed by atoms with Crippen LogP contribution in [0.5, 0.6) is 0 Å². The predicted molar refractivity (Wildman–Crippen MR) is 47.6 cm³/mol. The lowest BCUT2D eigenvalue weighted by atomic mass is 10.4. The second kappa shape index (κ2) is 6.61. The molecule has 66 valence electrons. The molecule has 0 saturated heterocycles. The van der Waals surface area contributed by atoms with E-state index >= 15 is 0 Å². The van der Waals surface area contributed by atoms with Crippen molar-refractivity contribution < 1.29 is 9.90 Å². The van der Waals surface area contributed by atoms with Gasteiger partial charge in [-0.05, 0) is 12.1 Å². The van der Waals surface area contributed by atoms with Crippen molar-refractivity contribution in [2.24, 2.45) is 0 Å². The first-order chi connectivity index (χ1) is 5.72. The van der Waals surface area contributed by atoms with E-state index in [0.29, 0.717) is 0 Å². The molecule has 1 aromatic heterocycles. The summed E-state index contributed by atoms with van der Waals surface area (Å²) in [5, 5.41) is 8.32. The van der Waals surface area contributed by atoms with E-state index in [9.17, 15) is 4.79 Å². The van der Waals surface area contributed by atoms with E-state index in [4.69, 9.17) is 16.7 Å². The molecule has 1 heterocycles. The molecule has 0 bridgehead atoms. The fourth-order valence-electron chi connectivity index (χ4n) is 0.489. The van der Waals surface area contributed by atoms with Crippen LogP contribution in [0.15, 0.2) is 24.4 Å². The van der Waals surface area contributed by atoms with Gasteiger partial charge in [0.2, 0.25) is 0 Å². The predicted octanol–water partition coefficient (Wildman–Crippen LogP) is 2.02. The molecule has 0 spiro atoms. The molecule has 3 nitrogen and oxygen atoms in total. The molecule has 1 N–H and O–H groups in total. The molecular formula is C8H10ClNO2. The van der Waals surface area contributed by atoms with Crippen molar-refractivity contribution in [2.75, 3.05) is 5.88 Å². The van der Waals surface area contributed by atoms with E-state index in [-0.39, 0.29) is 5.69 Å². The van der Waals surface area contributed by atoms with E-state index in [1.165, 1.54) is 12.3 Å². The van der Waals surface area contributed by atoms with Gasteiger partial charge in [0.15, 0.2) is 0 Å². The van der Waals surface area contributed by atoms with Crippen molar-refractivity contribution >= 4 is 17.6 Å². The van der Waals surface area contributed by atoms with E-state index < -0.39 is 5.97 Å². The monoisotopic (exact) mass is 187 g/mol. The topological polar surface area (TPSA) is 50.2 Å². The number of aromatic carboxylic acids is 1. The lowest BCUT2D eigenvalue weighted by Crippen LogP contribution is -1.97. The minimum atomic E-state index is -0.990. The lowest BCUT2D eigenvalue weighted by molar-refractivity contribution is 0.0690. The SMILES string of the molecule is CCCl.O=C(O)c1ccccn1. The number of pyridine rings is 1. The van der Waals surface area contributed by atoms with Crippen molar-refractivity contribution in [3.8, 4) is 0 Å². The van der Waals surface area contributed by atoms with Gasteiger partial charge in [0, 0.05) is 12.1 Å². The maximum Gasteiger partial charge on any atom is 0.354 e. The standard InChI is InChI=1S/C6H5NO2.C2H5Cl/c8-6(9)5-3-1-2-4-7-5;1-2-3/h1-4H,(H,8,9);2H2,1H3. The van der Waals surface area contributed by atoms with Crippen LogP contribution in [0, 0.1) is 0 Å². The quantitative estimate of drug-likeness (QED) is 0.685. The van der Waals surface area contributed by atoms with E-state index in [1.54, 1.807) is 12.1 Å². The molecule has 0 atom stereocenters. The average Bonchev–Trinajstić information content (AvgIpc) is 2.07. The van der Waals surface area contributed by atoms with Crippen LogP contribution in [0.4, 0.5) is 0 Å². The Hall–Kier alpha value is -1.09. The number of carboxylic acids is 1. The average molecular weight is 188 g/mol. The number of rotatable bonds is 1. The first-order valence-electron chi connectivity index (χ1n) is 3.42. The van der Waals surface area contributed by atoms with Gasteiger partial charge in [-0.3, -0.25) is 0 Å². The molecule has 4 heteroatoms. The van der Waals surface area contributed by atoms with Crippen LogP contribution in [0.3, 0.4) is 0 Å². The molecule has 0 aliphatic carbocycles. The smallest absolute Gasteiger partial charge is 0.354 e. The second-order valence-electron chi connectivity index (χ2n) is 1.79. The zero-order chi connectivity index (χ0) is 9.40. The van der Waals surface area contributed by atoms with Gasteiger partial charge in [-0.1, -0.05) is 13.0 Å². The van der Waals surface area contributed by atoms with E-state index in [1.807, 2.05) is 6.92 Å². The first kappa shape index (κ1) is 10.9. The zero-order valence-corrected chi connectivity index (χ0v) is 7.45. The molecular weight excluding hydrogens is 178 g/mol. The Bertz CT molecular complexity index is 226. The number of nitrogens with zero attached hydrogens (tertiary/aromatic N) is 1. The summed E-state index contributed by atoms with van der Waals surface area (Å²) in [6, 6.07) is 4.76. The van der Waals surface area contributed by atoms with Crippen molar-refractivity contribution in [2.45, 2.75) is 6.92 Å². The summed E-state index contributed by atoms with van der Waals surface area (Å²) in [4.78, 5) is 13.7. The summed E-state index contributed by atoms with van der Waals surface area (Å²) in [7, 11) is 0. The van der Waals surface area contributed by atoms with Crippen molar-refractivity contribution in [1.82, 2.24) is 4.98 Å². The van der Waals surface area contributed by atoms with Crippen molar-refractivity contribution in [3.05, 3.63) is 30.1 Å². The number of hydrogen-bond donors (Lipinski definition) is 1. The largest absolute Gasteiger partial charge is 0.477 e. The highest BCUT2D eigenvalue weighted by Gasteiger charge is 1.98. The molecule has 0 unspecified atom stereocenters. The maximum atomic E-state index is 10.1. The molecule has 0 saturated carbocycles. The van der Waals surface area contributed by atoms with Crippen molar-refractivity contribution in [3.63, 3.8) is 0 Å². The third kappa shape index (κ3) is 4.68. The minimum Gasteiger partial charge on any atom is -0.477 e. The van der Waals surface area contributed by atoms with Crippen molar-refractivity contribution in [1.29, 1.82) is 0 Å². The molecule has 1 rings (SSSR count). The van der Waals surface area contributed by atoms with Crippen LogP contribution in [0.25, 0.3) is 0 Å². The Morgan fingerprint density at radius 2 is 2.25 bits per heavy atom. The zero-order valence-electron chi connectivity index (χ0n) is 6.70. The Morgan fingerprint density at radius 1 is 1.67 bits per heavy atom. The van der Waals surface area contributed by atoms with Gasteiger partial charge in [0.1, 0.15) is 5.69 Å². The molecule has 1 aromatic rings. The number of carbonyl (C=O) groups is 1. The van der Waals surface area contributed by atoms with Crippen LogP contribution >= 0.6 is 11.6 Å². The number of carboxylic acid groups (broad SMARTS) is 1. The minimum absolute atomic E-state index is 0.0810. The lowest BCUT2D eigenvalue weighted by Gasteiger charge is -1.87. The summed E-state index contributed by atoms with van der Waals surface area (Å²) in [6.45, 7) is 1.89.